The molecule has 1 amide bonds. The summed E-state index contributed by atoms with van der Waals surface area (Å²) in [5.74, 6) is 0.168. The summed E-state index contributed by atoms with van der Waals surface area (Å²) in [5, 5.41) is 15.5. The van der Waals surface area contributed by atoms with E-state index in [-0.39, 0.29) is 19.1 Å². The minimum Gasteiger partial charge on any atom is -0.394 e. The van der Waals surface area contributed by atoms with E-state index in [1.54, 1.807) is 26.1 Å². The van der Waals surface area contributed by atoms with E-state index in [4.69, 9.17) is 10.8 Å². The number of carbonyl (C=O) groups is 1. The fourth-order valence-electron chi connectivity index (χ4n) is 1.07. The van der Waals surface area contributed by atoms with Crippen LogP contribution in [0, 0.1) is 0 Å². The number of hydrogen-bond acceptors (Lipinski definition) is 4. The second-order valence-corrected chi connectivity index (χ2v) is 4.03. The zero-order chi connectivity index (χ0) is 11.5. The normalized spacial score (nSPS) is 11.4. The highest BCUT2D eigenvalue weighted by Gasteiger charge is 2.19. The molecule has 0 atom stereocenters. The molecule has 1 rings (SSSR count). The van der Waals surface area contributed by atoms with E-state index in [1.807, 2.05) is 0 Å². The van der Waals surface area contributed by atoms with Gasteiger partial charge < -0.3 is 16.2 Å². The SMILES string of the molecule is CC(C)(CO)NC(=O)Cn1ccc(N)n1. The van der Waals surface area contributed by atoms with Crippen LogP contribution in [0.1, 0.15) is 13.8 Å². The summed E-state index contributed by atoms with van der Waals surface area (Å²) in [6.45, 7) is 3.46. The van der Waals surface area contributed by atoms with Gasteiger partial charge in [0.05, 0.1) is 12.1 Å². The quantitative estimate of drug-likeness (QED) is 0.618. The van der Waals surface area contributed by atoms with Gasteiger partial charge in [0.25, 0.3) is 0 Å². The number of aliphatic hydroxyl groups excluding tert-OH is 1. The molecule has 15 heavy (non-hydrogen) atoms. The van der Waals surface area contributed by atoms with Crippen molar-refractivity contribution in [2.75, 3.05) is 12.3 Å². The zero-order valence-corrected chi connectivity index (χ0v) is 8.90. The van der Waals surface area contributed by atoms with Crippen molar-refractivity contribution < 1.29 is 9.90 Å². The molecule has 0 saturated carbocycles. The third-order valence-electron chi connectivity index (χ3n) is 1.84. The highest BCUT2D eigenvalue weighted by molar-refractivity contribution is 5.76. The summed E-state index contributed by atoms with van der Waals surface area (Å²) in [4.78, 5) is 11.5. The van der Waals surface area contributed by atoms with Crippen LogP contribution in [0.2, 0.25) is 0 Å². The molecule has 0 saturated heterocycles. The molecular weight excluding hydrogens is 196 g/mol. The Morgan fingerprint density at radius 1 is 1.73 bits per heavy atom. The number of nitrogens with zero attached hydrogens (tertiary/aromatic N) is 2. The first-order chi connectivity index (χ1) is 6.93. The van der Waals surface area contributed by atoms with E-state index in [0.29, 0.717) is 5.82 Å². The van der Waals surface area contributed by atoms with Crippen molar-refractivity contribution in [2.24, 2.45) is 0 Å². The largest absolute Gasteiger partial charge is 0.394 e. The van der Waals surface area contributed by atoms with Gasteiger partial charge >= 0.3 is 0 Å². The highest BCUT2D eigenvalue weighted by Crippen LogP contribution is 2.00. The Balaban J connectivity index is 2.50. The number of nitrogens with two attached hydrogens (primary N) is 1. The number of anilines is 1. The van der Waals surface area contributed by atoms with Gasteiger partial charge in [-0.1, -0.05) is 0 Å². The zero-order valence-electron chi connectivity index (χ0n) is 8.90. The molecule has 6 heteroatoms. The number of rotatable bonds is 4. The first kappa shape index (κ1) is 11.5. The summed E-state index contributed by atoms with van der Waals surface area (Å²) in [7, 11) is 0. The summed E-state index contributed by atoms with van der Waals surface area (Å²) in [6, 6.07) is 1.62. The summed E-state index contributed by atoms with van der Waals surface area (Å²) in [6.07, 6.45) is 1.63. The predicted molar refractivity (Wildman–Crippen MR) is 55.9 cm³/mol. The number of nitrogen functional groups attached to an aromatic ring is 1. The summed E-state index contributed by atoms with van der Waals surface area (Å²) in [5.41, 5.74) is 4.79. The molecule has 0 aliphatic heterocycles. The van der Waals surface area contributed by atoms with Crippen LogP contribution in [0.4, 0.5) is 5.82 Å². The van der Waals surface area contributed by atoms with Crippen LogP contribution in [0.25, 0.3) is 0 Å². The van der Waals surface area contributed by atoms with Crippen molar-refractivity contribution in [3.8, 4) is 0 Å². The van der Waals surface area contributed by atoms with Gasteiger partial charge in [0.15, 0.2) is 0 Å². The Morgan fingerprint density at radius 2 is 2.40 bits per heavy atom. The molecule has 1 aromatic rings. The van der Waals surface area contributed by atoms with Crippen molar-refractivity contribution in [1.29, 1.82) is 0 Å². The average Bonchev–Trinajstić information content (AvgIpc) is 2.50. The molecule has 0 aromatic carbocycles. The van der Waals surface area contributed by atoms with Crippen molar-refractivity contribution in [2.45, 2.75) is 25.9 Å². The van der Waals surface area contributed by atoms with E-state index in [2.05, 4.69) is 10.4 Å². The molecular formula is C9H16N4O2. The first-order valence-electron chi connectivity index (χ1n) is 4.64. The molecule has 0 aliphatic rings. The lowest BCUT2D eigenvalue weighted by Crippen LogP contribution is -2.47. The molecule has 0 radical (unpaired) electrons. The summed E-state index contributed by atoms with van der Waals surface area (Å²) < 4.78 is 1.44. The third kappa shape index (κ3) is 3.59. The second kappa shape index (κ2) is 4.31. The van der Waals surface area contributed by atoms with Crippen LogP contribution in [0.5, 0.6) is 0 Å². The smallest absolute Gasteiger partial charge is 0.242 e. The van der Waals surface area contributed by atoms with Crippen molar-refractivity contribution >= 4 is 11.7 Å². The van der Waals surface area contributed by atoms with Crippen molar-refractivity contribution in [3.05, 3.63) is 12.3 Å². The Morgan fingerprint density at radius 3 is 2.87 bits per heavy atom. The van der Waals surface area contributed by atoms with Gasteiger partial charge in [-0.15, -0.1) is 0 Å². The fraction of sp³-hybridized carbons (Fsp3) is 0.556. The van der Waals surface area contributed by atoms with E-state index < -0.39 is 5.54 Å². The van der Waals surface area contributed by atoms with Gasteiger partial charge in [-0.2, -0.15) is 5.10 Å². The number of amides is 1. The van der Waals surface area contributed by atoms with Crippen LogP contribution in [0.3, 0.4) is 0 Å². The van der Waals surface area contributed by atoms with Crippen LogP contribution in [-0.4, -0.2) is 32.9 Å². The second-order valence-electron chi connectivity index (χ2n) is 4.03. The lowest BCUT2D eigenvalue weighted by atomic mass is 10.1. The molecule has 0 bridgehead atoms. The van der Waals surface area contributed by atoms with Gasteiger partial charge in [0.1, 0.15) is 12.4 Å². The number of aliphatic hydroxyl groups is 1. The maximum atomic E-state index is 11.5. The van der Waals surface area contributed by atoms with Crippen LogP contribution in [0.15, 0.2) is 12.3 Å². The van der Waals surface area contributed by atoms with Crippen LogP contribution < -0.4 is 11.1 Å². The lowest BCUT2D eigenvalue weighted by molar-refractivity contribution is -0.123. The van der Waals surface area contributed by atoms with Gasteiger partial charge in [0.2, 0.25) is 5.91 Å². The van der Waals surface area contributed by atoms with Gasteiger partial charge in [-0.05, 0) is 19.9 Å². The number of hydrogen-bond donors (Lipinski definition) is 3. The van der Waals surface area contributed by atoms with Crippen LogP contribution >= 0.6 is 0 Å². The molecule has 6 nitrogen and oxygen atoms in total. The Kier molecular flexibility index (Phi) is 3.31. The van der Waals surface area contributed by atoms with Gasteiger partial charge in [-0.25, -0.2) is 0 Å². The Hall–Kier alpha value is -1.56. The molecule has 0 spiro atoms. The Bertz CT molecular complexity index is 346. The fourth-order valence-corrected chi connectivity index (χ4v) is 1.07. The maximum absolute atomic E-state index is 11.5. The standard InChI is InChI=1S/C9H16N4O2/c1-9(2,6-14)11-8(15)5-13-4-3-7(10)12-13/h3-4,14H,5-6H2,1-2H3,(H2,10,12)(H,11,15). The van der Waals surface area contributed by atoms with Gasteiger partial charge in [-0.3, -0.25) is 9.48 Å². The van der Waals surface area contributed by atoms with E-state index >= 15 is 0 Å². The monoisotopic (exact) mass is 212 g/mol. The maximum Gasteiger partial charge on any atom is 0.242 e. The number of aromatic nitrogens is 2. The van der Waals surface area contributed by atoms with Crippen LogP contribution in [-0.2, 0) is 11.3 Å². The minimum absolute atomic E-state index is 0.0978. The summed E-state index contributed by atoms with van der Waals surface area (Å²) >= 11 is 0. The number of nitrogens with one attached hydrogen (secondary N) is 1. The molecule has 84 valence electrons. The number of carbonyl (C=O) groups excluding carboxylic acids is 1. The van der Waals surface area contributed by atoms with Crippen molar-refractivity contribution in [1.82, 2.24) is 15.1 Å². The molecule has 0 aliphatic carbocycles. The van der Waals surface area contributed by atoms with Crippen molar-refractivity contribution in [3.63, 3.8) is 0 Å². The third-order valence-corrected chi connectivity index (χ3v) is 1.84. The van der Waals surface area contributed by atoms with E-state index in [9.17, 15) is 4.79 Å². The molecule has 1 heterocycles. The molecule has 0 unspecified atom stereocenters. The molecule has 0 fully saturated rings. The van der Waals surface area contributed by atoms with E-state index in [0.717, 1.165) is 0 Å². The van der Waals surface area contributed by atoms with E-state index in [1.165, 1.54) is 4.68 Å². The first-order valence-corrected chi connectivity index (χ1v) is 4.64. The topological polar surface area (TPSA) is 93.2 Å². The Labute approximate surface area is 88.1 Å². The molecule has 1 aromatic heterocycles. The predicted octanol–water partition coefficient (Wildman–Crippen LogP) is -0.648. The molecule has 4 N–H and O–H groups in total. The minimum atomic E-state index is -0.615. The average molecular weight is 212 g/mol. The lowest BCUT2D eigenvalue weighted by Gasteiger charge is -2.23. The van der Waals surface area contributed by atoms with Gasteiger partial charge in [0, 0.05) is 6.20 Å². The highest BCUT2D eigenvalue weighted by atomic mass is 16.3.